The maximum Gasteiger partial charge on any atom is 0.117 e. The van der Waals surface area contributed by atoms with Gasteiger partial charge in [-0.3, -0.25) is 0 Å². The van der Waals surface area contributed by atoms with Gasteiger partial charge >= 0.3 is 0 Å². The zero-order valence-corrected chi connectivity index (χ0v) is 10.4. The Kier molecular flexibility index (Phi) is 6.93. The van der Waals surface area contributed by atoms with Crippen molar-refractivity contribution in [3.05, 3.63) is 23.7 Å². The lowest BCUT2D eigenvalue weighted by atomic mass is 10.3. The standard InChI is InChI=1S/C13H23NO2/c1-3-4-9-15-10-5-8-14-11-13-7-6-12(2)16-13/h6-7,14H,3-5,8-11H2,1-2H3. The molecule has 1 aromatic heterocycles. The topological polar surface area (TPSA) is 34.4 Å². The second kappa shape index (κ2) is 8.36. The predicted molar refractivity (Wildman–Crippen MR) is 65.5 cm³/mol. The molecule has 0 aliphatic heterocycles. The van der Waals surface area contributed by atoms with Gasteiger partial charge in [-0.25, -0.2) is 0 Å². The van der Waals surface area contributed by atoms with Crippen molar-refractivity contribution in [3.8, 4) is 0 Å². The zero-order valence-electron chi connectivity index (χ0n) is 10.4. The molecule has 0 fully saturated rings. The van der Waals surface area contributed by atoms with E-state index in [4.69, 9.17) is 9.15 Å². The quantitative estimate of drug-likeness (QED) is 0.656. The van der Waals surface area contributed by atoms with E-state index in [9.17, 15) is 0 Å². The van der Waals surface area contributed by atoms with Crippen LogP contribution >= 0.6 is 0 Å². The molecule has 0 aromatic carbocycles. The van der Waals surface area contributed by atoms with E-state index in [0.717, 1.165) is 44.2 Å². The van der Waals surface area contributed by atoms with E-state index in [1.807, 2.05) is 19.1 Å². The molecule has 1 rings (SSSR count). The van der Waals surface area contributed by atoms with Crippen LogP contribution in [0.3, 0.4) is 0 Å². The number of rotatable bonds is 9. The van der Waals surface area contributed by atoms with Crippen LogP contribution in [0.4, 0.5) is 0 Å². The summed E-state index contributed by atoms with van der Waals surface area (Å²) >= 11 is 0. The monoisotopic (exact) mass is 225 g/mol. The van der Waals surface area contributed by atoms with Gasteiger partial charge in [0.1, 0.15) is 11.5 Å². The first-order valence-electron chi connectivity index (χ1n) is 6.16. The number of hydrogen-bond donors (Lipinski definition) is 1. The van der Waals surface area contributed by atoms with Crippen molar-refractivity contribution in [2.45, 2.75) is 39.7 Å². The summed E-state index contributed by atoms with van der Waals surface area (Å²) in [7, 11) is 0. The first-order valence-corrected chi connectivity index (χ1v) is 6.16. The van der Waals surface area contributed by atoms with Crippen molar-refractivity contribution in [3.63, 3.8) is 0 Å². The Morgan fingerprint density at radius 1 is 1.25 bits per heavy atom. The molecule has 0 saturated carbocycles. The molecule has 16 heavy (non-hydrogen) atoms. The molecule has 0 radical (unpaired) electrons. The van der Waals surface area contributed by atoms with Crippen molar-refractivity contribution in [2.75, 3.05) is 19.8 Å². The molecule has 0 amide bonds. The van der Waals surface area contributed by atoms with Crippen LogP contribution in [-0.2, 0) is 11.3 Å². The second-order valence-corrected chi connectivity index (χ2v) is 4.01. The van der Waals surface area contributed by atoms with Crippen LogP contribution in [0, 0.1) is 6.92 Å². The van der Waals surface area contributed by atoms with Crippen molar-refractivity contribution in [1.29, 1.82) is 0 Å². The van der Waals surface area contributed by atoms with Crippen LogP contribution in [0.5, 0.6) is 0 Å². The van der Waals surface area contributed by atoms with E-state index < -0.39 is 0 Å². The summed E-state index contributed by atoms with van der Waals surface area (Å²) in [6, 6.07) is 4.00. The van der Waals surface area contributed by atoms with Crippen molar-refractivity contribution >= 4 is 0 Å². The number of ether oxygens (including phenoxy) is 1. The number of nitrogens with one attached hydrogen (secondary N) is 1. The molecule has 0 atom stereocenters. The molecular weight excluding hydrogens is 202 g/mol. The maximum absolute atomic E-state index is 5.47. The third-order valence-corrected chi connectivity index (χ3v) is 2.38. The third-order valence-electron chi connectivity index (χ3n) is 2.38. The molecule has 1 N–H and O–H groups in total. The highest BCUT2D eigenvalue weighted by Crippen LogP contribution is 2.05. The van der Waals surface area contributed by atoms with Crippen LogP contribution in [0.2, 0.25) is 0 Å². The molecule has 0 saturated heterocycles. The normalized spacial score (nSPS) is 10.9. The van der Waals surface area contributed by atoms with E-state index in [1.165, 1.54) is 12.8 Å². The molecule has 1 heterocycles. The lowest BCUT2D eigenvalue weighted by Crippen LogP contribution is -2.16. The fraction of sp³-hybridized carbons (Fsp3) is 0.692. The molecule has 3 nitrogen and oxygen atoms in total. The summed E-state index contributed by atoms with van der Waals surface area (Å²) in [5.41, 5.74) is 0. The van der Waals surface area contributed by atoms with Gasteiger partial charge in [-0.15, -0.1) is 0 Å². The number of furan rings is 1. The van der Waals surface area contributed by atoms with Crippen LogP contribution < -0.4 is 5.32 Å². The summed E-state index contributed by atoms with van der Waals surface area (Å²) in [4.78, 5) is 0. The minimum atomic E-state index is 0.808. The summed E-state index contributed by atoms with van der Waals surface area (Å²) < 4.78 is 10.9. The van der Waals surface area contributed by atoms with Crippen LogP contribution in [0.25, 0.3) is 0 Å². The number of aryl methyl sites for hydroxylation is 1. The van der Waals surface area contributed by atoms with E-state index in [-0.39, 0.29) is 0 Å². The number of unbranched alkanes of at least 4 members (excludes halogenated alkanes) is 1. The fourth-order valence-electron chi connectivity index (χ4n) is 1.44. The van der Waals surface area contributed by atoms with Crippen LogP contribution in [0.15, 0.2) is 16.5 Å². The molecule has 0 aliphatic carbocycles. The highest BCUT2D eigenvalue weighted by Gasteiger charge is 1.97. The Labute approximate surface area is 98.2 Å². The van der Waals surface area contributed by atoms with E-state index in [0.29, 0.717) is 0 Å². The highest BCUT2D eigenvalue weighted by atomic mass is 16.5. The van der Waals surface area contributed by atoms with Gasteiger partial charge in [0.25, 0.3) is 0 Å². The van der Waals surface area contributed by atoms with Gasteiger partial charge in [-0.05, 0) is 38.4 Å². The van der Waals surface area contributed by atoms with Gasteiger partial charge in [0.05, 0.1) is 6.54 Å². The van der Waals surface area contributed by atoms with Gasteiger partial charge in [-0.1, -0.05) is 13.3 Å². The maximum atomic E-state index is 5.47. The first kappa shape index (κ1) is 13.3. The smallest absolute Gasteiger partial charge is 0.117 e. The SMILES string of the molecule is CCCCOCCCNCc1ccc(C)o1. The van der Waals surface area contributed by atoms with E-state index in [2.05, 4.69) is 12.2 Å². The molecular formula is C13H23NO2. The average molecular weight is 225 g/mol. The molecule has 3 heteroatoms. The highest BCUT2D eigenvalue weighted by molar-refractivity contribution is 5.04. The molecule has 0 spiro atoms. The Morgan fingerprint density at radius 2 is 2.06 bits per heavy atom. The Bertz CT molecular complexity index is 271. The molecule has 1 aromatic rings. The molecule has 0 aliphatic rings. The van der Waals surface area contributed by atoms with Crippen LogP contribution in [0.1, 0.15) is 37.7 Å². The first-order chi connectivity index (χ1) is 7.83. The zero-order chi connectivity index (χ0) is 11.6. The Balaban J connectivity index is 1.88. The summed E-state index contributed by atoms with van der Waals surface area (Å²) in [5.74, 6) is 1.98. The Hall–Kier alpha value is -0.800. The average Bonchev–Trinajstić information content (AvgIpc) is 2.68. The molecule has 0 bridgehead atoms. The summed E-state index contributed by atoms with van der Waals surface area (Å²) in [6.45, 7) is 7.67. The summed E-state index contributed by atoms with van der Waals surface area (Å²) in [5, 5.41) is 3.33. The minimum Gasteiger partial charge on any atom is -0.465 e. The van der Waals surface area contributed by atoms with Crippen molar-refractivity contribution in [2.24, 2.45) is 0 Å². The largest absolute Gasteiger partial charge is 0.465 e. The molecule has 0 unspecified atom stereocenters. The van der Waals surface area contributed by atoms with Crippen molar-refractivity contribution in [1.82, 2.24) is 5.32 Å². The van der Waals surface area contributed by atoms with Gasteiger partial charge in [0.2, 0.25) is 0 Å². The fourth-order valence-corrected chi connectivity index (χ4v) is 1.44. The minimum absolute atomic E-state index is 0.808. The molecule has 92 valence electrons. The second-order valence-electron chi connectivity index (χ2n) is 4.01. The summed E-state index contributed by atoms with van der Waals surface area (Å²) in [6.07, 6.45) is 3.43. The van der Waals surface area contributed by atoms with Gasteiger partial charge in [-0.2, -0.15) is 0 Å². The van der Waals surface area contributed by atoms with Gasteiger partial charge in [0, 0.05) is 13.2 Å². The van der Waals surface area contributed by atoms with E-state index in [1.54, 1.807) is 0 Å². The van der Waals surface area contributed by atoms with Crippen molar-refractivity contribution < 1.29 is 9.15 Å². The Morgan fingerprint density at radius 3 is 2.75 bits per heavy atom. The lowest BCUT2D eigenvalue weighted by Gasteiger charge is -2.04. The predicted octanol–water partition coefficient (Wildman–Crippen LogP) is 2.88. The van der Waals surface area contributed by atoms with Crippen LogP contribution in [-0.4, -0.2) is 19.8 Å². The number of hydrogen-bond acceptors (Lipinski definition) is 3. The van der Waals surface area contributed by atoms with Gasteiger partial charge in [0.15, 0.2) is 0 Å². The van der Waals surface area contributed by atoms with Gasteiger partial charge < -0.3 is 14.5 Å². The third kappa shape index (κ3) is 5.93. The van der Waals surface area contributed by atoms with E-state index >= 15 is 0 Å². The lowest BCUT2D eigenvalue weighted by molar-refractivity contribution is 0.128.